The highest BCUT2D eigenvalue weighted by Gasteiger charge is 2.21. The fourth-order valence-corrected chi connectivity index (χ4v) is 1.65. The maximum atomic E-state index is 11.9. The molecule has 0 aliphatic heterocycles. The second kappa shape index (κ2) is 7.88. The first-order chi connectivity index (χ1) is 9.93. The lowest BCUT2D eigenvalue weighted by atomic mass is 10.1. The highest BCUT2D eigenvalue weighted by molar-refractivity contribution is 5.96. The number of carbonyl (C=O) groups excluding carboxylic acids is 2. The van der Waals surface area contributed by atoms with Crippen LogP contribution >= 0.6 is 0 Å². The number of aliphatic carboxylic acids is 1. The van der Waals surface area contributed by atoms with Crippen molar-refractivity contribution in [2.75, 3.05) is 6.61 Å². The van der Waals surface area contributed by atoms with Gasteiger partial charge in [0.15, 0.2) is 0 Å². The zero-order valence-electron chi connectivity index (χ0n) is 11.7. The van der Waals surface area contributed by atoms with Crippen LogP contribution in [0.15, 0.2) is 24.3 Å². The summed E-state index contributed by atoms with van der Waals surface area (Å²) in [5.41, 5.74) is 5.28. The molecule has 1 aromatic rings. The Bertz CT molecular complexity index is 513. The van der Waals surface area contributed by atoms with Crippen LogP contribution in [0, 0.1) is 0 Å². The van der Waals surface area contributed by atoms with E-state index in [0.29, 0.717) is 17.9 Å². The van der Waals surface area contributed by atoms with Crippen molar-refractivity contribution >= 4 is 17.8 Å². The molecule has 0 aliphatic rings. The smallest absolute Gasteiger partial charge is 0.326 e. The van der Waals surface area contributed by atoms with Gasteiger partial charge in [0.05, 0.1) is 6.61 Å². The molecule has 1 aromatic carbocycles. The Labute approximate surface area is 122 Å². The van der Waals surface area contributed by atoms with Gasteiger partial charge in [-0.1, -0.05) is 0 Å². The fraction of sp³-hybridized carbons (Fsp3) is 0.357. The van der Waals surface area contributed by atoms with E-state index in [9.17, 15) is 14.4 Å². The molecule has 7 heteroatoms. The van der Waals surface area contributed by atoms with E-state index in [1.165, 1.54) is 12.1 Å². The molecule has 0 aliphatic carbocycles. The van der Waals surface area contributed by atoms with E-state index in [4.69, 9.17) is 15.6 Å². The van der Waals surface area contributed by atoms with Gasteiger partial charge >= 0.3 is 5.97 Å². The van der Waals surface area contributed by atoms with Gasteiger partial charge in [-0.25, -0.2) is 4.79 Å². The molecule has 2 amide bonds. The molecule has 114 valence electrons. The second-order valence-corrected chi connectivity index (χ2v) is 4.33. The molecule has 4 N–H and O–H groups in total. The lowest BCUT2D eigenvalue weighted by Gasteiger charge is -2.14. The number of carboxylic acid groups (broad SMARTS) is 1. The number of amides is 2. The van der Waals surface area contributed by atoms with Gasteiger partial charge in [-0.2, -0.15) is 0 Å². The topological polar surface area (TPSA) is 119 Å². The number of hydrogen-bond acceptors (Lipinski definition) is 4. The molecule has 0 saturated heterocycles. The molecule has 0 radical (unpaired) electrons. The standard InChI is InChI=1S/C14H18N2O5/c1-2-21-10-5-3-9(4-6-10)13(18)16-11(14(19)20)7-8-12(15)17/h3-6,11H,2,7-8H2,1H3,(H2,15,17)(H,16,18)(H,19,20)/t11-/m1/s1. The molecular formula is C14H18N2O5. The van der Waals surface area contributed by atoms with E-state index in [2.05, 4.69) is 5.32 Å². The van der Waals surface area contributed by atoms with E-state index in [0.717, 1.165) is 0 Å². The van der Waals surface area contributed by atoms with Crippen molar-refractivity contribution in [2.24, 2.45) is 5.73 Å². The van der Waals surface area contributed by atoms with Crippen molar-refractivity contribution in [2.45, 2.75) is 25.8 Å². The van der Waals surface area contributed by atoms with Crippen LogP contribution in [-0.2, 0) is 9.59 Å². The van der Waals surface area contributed by atoms with Gasteiger partial charge in [0.25, 0.3) is 5.91 Å². The number of carbonyl (C=O) groups is 3. The molecule has 1 rings (SSSR count). The Balaban J connectivity index is 2.67. The maximum Gasteiger partial charge on any atom is 0.326 e. The number of benzene rings is 1. The Hall–Kier alpha value is -2.57. The normalized spacial score (nSPS) is 11.5. The third-order valence-corrected chi connectivity index (χ3v) is 2.71. The summed E-state index contributed by atoms with van der Waals surface area (Å²) in [5.74, 6) is -1.74. The summed E-state index contributed by atoms with van der Waals surface area (Å²) in [6.45, 7) is 2.36. The number of nitrogens with one attached hydrogen (secondary N) is 1. The third kappa shape index (κ3) is 5.52. The molecule has 1 atom stereocenters. The Morgan fingerprint density at radius 1 is 1.29 bits per heavy atom. The molecule has 0 spiro atoms. The van der Waals surface area contributed by atoms with E-state index in [-0.39, 0.29) is 12.8 Å². The molecule has 0 saturated carbocycles. The largest absolute Gasteiger partial charge is 0.494 e. The zero-order valence-corrected chi connectivity index (χ0v) is 11.7. The number of nitrogens with two attached hydrogens (primary N) is 1. The highest BCUT2D eigenvalue weighted by Crippen LogP contribution is 2.12. The van der Waals surface area contributed by atoms with Gasteiger partial charge in [-0.15, -0.1) is 0 Å². The quantitative estimate of drug-likeness (QED) is 0.646. The van der Waals surface area contributed by atoms with Crippen molar-refractivity contribution in [1.82, 2.24) is 5.32 Å². The van der Waals surface area contributed by atoms with Gasteiger partial charge in [-0.05, 0) is 37.6 Å². The molecule has 0 heterocycles. The fourth-order valence-electron chi connectivity index (χ4n) is 1.65. The predicted molar refractivity (Wildman–Crippen MR) is 74.9 cm³/mol. The summed E-state index contributed by atoms with van der Waals surface area (Å²) in [7, 11) is 0. The lowest BCUT2D eigenvalue weighted by Crippen LogP contribution is -2.41. The van der Waals surface area contributed by atoms with Crippen LogP contribution in [0.4, 0.5) is 0 Å². The second-order valence-electron chi connectivity index (χ2n) is 4.33. The van der Waals surface area contributed by atoms with Crippen LogP contribution in [0.1, 0.15) is 30.1 Å². The average Bonchev–Trinajstić information content (AvgIpc) is 2.43. The van der Waals surface area contributed by atoms with Crippen LogP contribution in [0.25, 0.3) is 0 Å². The van der Waals surface area contributed by atoms with Crippen molar-refractivity contribution in [3.63, 3.8) is 0 Å². The lowest BCUT2D eigenvalue weighted by molar-refractivity contribution is -0.139. The molecule has 0 aromatic heterocycles. The Kier molecular flexibility index (Phi) is 6.19. The first kappa shape index (κ1) is 16.5. The van der Waals surface area contributed by atoms with Gasteiger partial charge in [0, 0.05) is 12.0 Å². The number of ether oxygens (including phenoxy) is 1. The average molecular weight is 294 g/mol. The number of hydrogen-bond donors (Lipinski definition) is 3. The zero-order chi connectivity index (χ0) is 15.8. The summed E-state index contributed by atoms with van der Waals surface area (Å²) in [5, 5.41) is 11.4. The first-order valence-electron chi connectivity index (χ1n) is 6.49. The van der Waals surface area contributed by atoms with Crippen LogP contribution in [0.3, 0.4) is 0 Å². The summed E-state index contributed by atoms with van der Waals surface area (Å²) in [6, 6.07) is 5.16. The Morgan fingerprint density at radius 2 is 1.90 bits per heavy atom. The SMILES string of the molecule is CCOc1ccc(C(=O)N[C@H](CCC(N)=O)C(=O)O)cc1. The van der Waals surface area contributed by atoms with Crippen LogP contribution in [0.2, 0.25) is 0 Å². The predicted octanol–water partition coefficient (Wildman–Crippen LogP) is 0.534. The Morgan fingerprint density at radius 3 is 2.38 bits per heavy atom. The minimum absolute atomic E-state index is 0.0482. The van der Waals surface area contributed by atoms with E-state index in [1.807, 2.05) is 6.92 Å². The van der Waals surface area contributed by atoms with Crippen molar-refractivity contribution in [3.8, 4) is 5.75 Å². The van der Waals surface area contributed by atoms with Gasteiger partial charge in [-0.3, -0.25) is 9.59 Å². The monoisotopic (exact) mass is 294 g/mol. The van der Waals surface area contributed by atoms with Gasteiger partial charge in [0.2, 0.25) is 5.91 Å². The number of rotatable bonds is 8. The number of carboxylic acids is 1. The first-order valence-corrected chi connectivity index (χ1v) is 6.49. The highest BCUT2D eigenvalue weighted by atomic mass is 16.5. The van der Waals surface area contributed by atoms with E-state index in [1.54, 1.807) is 12.1 Å². The van der Waals surface area contributed by atoms with Gasteiger partial charge in [0.1, 0.15) is 11.8 Å². The van der Waals surface area contributed by atoms with Crippen LogP contribution < -0.4 is 15.8 Å². The molecule has 0 unspecified atom stereocenters. The maximum absolute atomic E-state index is 11.9. The minimum atomic E-state index is -1.21. The number of primary amides is 1. The van der Waals surface area contributed by atoms with Crippen molar-refractivity contribution in [1.29, 1.82) is 0 Å². The summed E-state index contributed by atoms with van der Waals surface area (Å²) in [6.07, 6.45) is -0.159. The van der Waals surface area contributed by atoms with E-state index >= 15 is 0 Å². The van der Waals surface area contributed by atoms with Crippen LogP contribution in [-0.4, -0.2) is 35.5 Å². The molecule has 21 heavy (non-hydrogen) atoms. The minimum Gasteiger partial charge on any atom is -0.494 e. The summed E-state index contributed by atoms with van der Waals surface area (Å²) in [4.78, 5) is 33.7. The van der Waals surface area contributed by atoms with Crippen molar-refractivity contribution < 1.29 is 24.2 Å². The van der Waals surface area contributed by atoms with Crippen molar-refractivity contribution in [3.05, 3.63) is 29.8 Å². The van der Waals surface area contributed by atoms with Crippen LogP contribution in [0.5, 0.6) is 5.75 Å². The summed E-state index contributed by atoms with van der Waals surface area (Å²) < 4.78 is 5.25. The molecule has 0 bridgehead atoms. The molecular weight excluding hydrogens is 276 g/mol. The third-order valence-electron chi connectivity index (χ3n) is 2.71. The molecule has 7 nitrogen and oxygen atoms in total. The molecule has 0 fully saturated rings. The summed E-state index contributed by atoms with van der Waals surface area (Å²) >= 11 is 0. The van der Waals surface area contributed by atoms with E-state index < -0.39 is 23.8 Å². The van der Waals surface area contributed by atoms with Gasteiger partial charge < -0.3 is 20.9 Å².